The topological polar surface area (TPSA) is 84.7 Å². The van der Waals surface area contributed by atoms with Crippen LogP contribution in [0.5, 0.6) is 5.75 Å². The van der Waals surface area contributed by atoms with Crippen molar-refractivity contribution in [1.82, 2.24) is 0 Å². The van der Waals surface area contributed by atoms with Gasteiger partial charge in [-0.15, -0.1) is 0 Å². The van der Waals surface area contributed by atoms with Gasteiger partial charge in [-0.25, -0.2) is 0 Å². The van der Waals surface area contributed by atoms with Crippen molar-refractivity contribution in [2.75, 3.05) is 23.9 Å². The van der Waals surface area contributed by atoms with Crippen molar-refractivity contribution < 1.29 is 14.3 Å². The van der Waals surface area contributed by atoms with Gasteiger partial charge in [0.15, 0.2) is 0 Å². The van der Waals surface area contributed by atoms with Crippen molar-refractivity contribution in [1.29, 1.82) is 0 Å². The minimum absolute atomic E-state index is 0.0963. The third-order valence-corrected chi connectivity index (χ3v) is 3.87. The fourth-order valence-corrected chi connectivity index (χ4v) is 2.73. The maximum Gasteiger partial charge on any atom is 0.241 e. The van der Waals surface area contributed by atoms with Crippen molar-refractivity contribution in [3.8, 4) is 5.75 Å². The summed E-state index contributed by atoms with van der Waals surface area (Å²) in [5.74, 6) is 0.800. The zero-order valence-corrected chi connectivity index (χ0v) is 14.0. The van der Waals surface area contributed by atoms with Gasteiger partial charge in [-0.2, -0.15) is 0 Å². The second-order valence-electron chi connectivity index (χ2n) is 6.26. The highest BCUT2D eigenvalue weighted by atomic mass is 16.5. The van der Waals surface area contributed by atoms with E-state index < -0.39 is 6.04 Å². The monoisotopic (exact) mass is 319 g/mol. The second-order valence-corrected chi connectivity index (χ2v) is 6.26. The van der Waals surface area contributed by atoms with E-state index >= 15 is 0 Å². The van der Waals surface area contributed by atoms with Crippen LogP contribution in [-0.4, -0.2) is 31.5 Å². The third-order valence-electron chi connectivity index (χ3n) is 3.87. The molecule has 1 aromatic carbocycles. The molecule has 1 aromatic rings. The number of nitrogens with one attached hydrogen (secondary N) is 1. The van der Waals surface area contributed by atoms with Crippen LogP contribution < -0.4 is 20.7 Å². The summed E-state index contributed by atoms with van der Waals surface area (Å²) in [6, 6.07) is 4.75. The summed E-state index contributed by atoms with van der Waals surface area (Å²) in [4.78, 5) is 25.7. The number of hydrogen-bond acceptors (Lipinski definition) is 4. The van der Waals surface area contributed by atoms with Crippen molar-refractivity contribution in [3.05, 3.63) is 18.2 Å². The van der Waals surface area contributed by atoms with E-state index in [-0.39, 0.29) is 11.8 Å². The summed E-state index contributed by atoms with van der Waals surface area (Å²) < 4.78 is 5.38. The van der Waals surface area contributed by atoms with Crippen LogP contribution in [0.25, 0.3) is 0 Å². The highest BCUT2D eigenvalue weighted by molar-refractivity contribution is 5.98. The maximum atomic E-state index is 12.1. The molecule has 0 radical (unpaired) electrons. The summed E-state index contributed by atoms with van der Waals surface area (Å²) in [6.07, 6.45) is 2.04. The second kappa shape index (κ2) is 7.46. The molecule has 6 heteroatoms. The Kier molecular flexibility index (Phi) is 5.60. The molecule has 0 spiro atoms. The average molecular weight is 319 g/mol. The molecule has 1 aliphatic rings. The van der Waals surface area contributed by atoms with E-state index in [0.29, 0.717) is 36.7 Å². The lowest BCUT2D eigenvalue weighted by Crippen LogP contribution is -2.36. The Hall–Kier alpha value is -2.08. The molecule has 0 saturated carbocycles. The SMILES string of the molecule is COc1cc(NC(=O)[C@@H](N)CC(C)C)ccc1N1CCCC1=O. The molecule has 1 saturated heterocycles. The lowest BCUT2D eigenvalue weighted by molar-refractivity contribution is -0.118. The number of methoxy groups -OCH3 is 1. The van der Waals surface area contributed by atoms with E-state index in [1.165, 1.54) is 0 Å². The minimum atomic E-state index is -0.541. The Labute approximate surface area is 137 Å². The van der Waals surface area contributed by atoms with Crippen LogP contribution in [0.2, 0.25) is 0 Å². The van der Waals surface area contributed by atoms with Crippen molar-refractivity contribution in [2.45, 2.75) is 39.2 Å². The molecule has 0 unspecified atom stereocenters. The number of carbonyl (C=O) groups excluding carboxylic acids is 2. The van der Waals surface area contributed by atoms with Crippen LogP contribution in [0.1, 0.15) is 33.1 Å². The first-order valence-electron chi connectivity index (χ1n) is 7.97. The number of ether oxygens (including phenoxy) is 1. The molecule has 3 N–H and O–H groups in total. The zero-order chi connectivity index (χ0) is 17.0. The van der Waals surface area contributed by atoms with Gasteiger partial charge in [0.2, 0.25) is 11.8 Å². The van der Waals surface area contributed by atoms with Crippen molar-refractivity contribution in [3.63, 3.8) is 0 Å². The molecule has 0 bridgehead atoms. The lowest BCUT2D eigenvalue weighted by Gasteiger charge is -2.20. The number of nitrogens with two attached hydrogens (primary N) is 1. The molecular formula is C17H25N3O3. The van der Waals surface area contributed by atoms with Crippen LogP contribution in [0.15, 0.2) is 18.2 Å². The number of amides is 2. The standard InChI is InChI=1S/C17H25N3O3/c1-11(2)9-13(18)17(22)19-12-6-7-14(15(10-12)23-3)20-8-4-5-16(20)21/h6-7,10-11,13H,4-5,8-9,18H2,1-3H3,(H,19,22)/t13-/m0/s1. The van der Waals surface area contributed by atoms with Crippen LogP contribution in [-0.2, 0) is 9.59 Å². The van der Waals surface area contributed by atoms with Gasteiger partial charge in [-0.3, -0.25) is 9.59 Å². The van der Waals surface area contributed by atoms with E-state index in [0.717, 1.165) is 12.1 Å². The number of rotatable bonds is 6. The Morgan fingerprint density at radius 3 is 2.74 bits per heavy atom. The number of carbonyl (C=O) groups is 2. The van der Waals surface area contributed by atoms with Crippen LogP contribution in [0, 0.1) is 5.92 Å². The largest absolute Gasteiger partial charge is 0.494 e. The van der Waals surface area contributed by atoms with Crippen LogP contribution >= 0.6 is 0 Å². The Morgan fingerprint density at radius 1 is 1.43 bits per heavy atom. The van der Waals surface area contributed by atoms with Crippen LogP contribution in [0.3, 0.4) is 0 Å². The molecule has 0 aromatic heterocycles. The third kappa shape index (κ3) is 4.22. The van der Waals surface area contributed by atoms with E-state index in [1.807, 2.05) is 13.8 Å². The summed E-state index contributed by atoms with van der Waals surface area (Å²) in [7, 11) is 1.55. The maximum absolute atomic E-state index is 12.1. The summed E-state index contributed by atoms with van der Waals surface area (Å²) >= 11 is 0. The number of hydrogen-bond donors (Lipinski definition) is 2. The highest BCUT2D eigenvalue weighted by Gasteiger charge is 2.25. The Balaban J connectivity index is 2.12. The quantitative estimate of drug-likeness (QED) is 0.841. The van der Waals surface area contributed by atoms with E-state index in [1.54, 1.807) is 30.2 Å². The Bertz CT molecular complexity index is 586. The van der Waals surface area contributed by atoms with Gasteiger partial charge >= 0.3 is 0 Å². The summed E-state index contributed by atoms with van der Waals surface area (Å²) in [5.41, 5.74) is 7.24. The van der Waals surface area contributed by atoms with Crippen LogP contribution in [0.4, 0.5) is 11.4 Å². The molecule has 23 heavy (non-hydrogen) atoms. The van der Waals surface area contributed by atoms with E-state index in [9.17, 15) is 9.59 Å². The average Bonchev–Trinajstić information content (AvgIpc) is 2.92. The number of benzene rings is 1. The highest BCUT2D eigenvalue weighted by Crippen LogP contribution is 2.33. The molecule has 1 fully saturated rings. The van der Waals surface area contributed by atoms with E-state index in [4.69, 9.17) is 10.5 Å². The fourth-order valence-electron chi connectivity index (χ4n) is 2.73. The molecule has 2 amide bonds. The number of nitrogens with zero attached hydrogens (tertiary/aromatic N) is 1. The predicted octanol–water partition coefficient (Wildman–Crippen LogP) is 2.13. The molecule has 1 atom stereocenters. The minimum Gasteiger partial charge on any atom is -0.494 e. The normalized spacial score (nSPS) is 15.9. The molecular weight excluding hydrogens is 294 g/mol. The first kappa shape index (κ1) is 17.3. The fraction of sp³-hybridized carbons (Fsp3) is 0.529. The number of anilines is 2. The Morgan fingerprint density at radius 2 is 2.17 bits per heavy atom. The van der Waals surface area contributed by atoms with Gasteiger partial charge in [0, 0.05) is 24.7 Å². The molecule has 6 nitrogen and oxygen atoms in total. The zero-order valence-electron chi connectivity index (χ0n) is 14.0. The van der Waals surface area contributed by atoms with E-state index in [2.05, 4.69) is 5.32 Å². The molecule has 1 aliphatic heterocycles. The smallest absolute Gasteiger partial charge is 0.241 e. The van der Waals surface area contributed by atoms with Gasteiger partial charge in [0.1, 0.15) is 5.75 Å². The summed E-state index contributed by atoms with van der Waals surface area (Å²) in [6.45, 7) is 4.75. The first-order valence-corrected chi connectivity index (χ1v) is 7.97. The van der Waals surface area contributed by atoms with Gasteiger partial charge in [0.05, 0.1) is 18.8 Å². The van der Waals surface area contributed by atoms with Gasteiger partial charge < -0.3 is 20.7 Å². The van der Waals surface area contributed by atoms with Crippen molar-refractivity contribution in [2.24, 2.45) is 11.7 Å². The summed E-state index contributed by atoms with van der Waals surface area (Å²) in [5, 5.41) is 2.80. The molecule has 0 aliphatic carbocycles. The molecule has 1 heterocycles. The first-order chi connectivity index (χ1) is 10.9. The molecule has 126 valence electrons. The van der Waals surface area contributed by atoms with Gasteiger partial charge in [-0.1, -0.05) is 13.8 Å². The van der Waals surface area contributed by atoms with Gasteiger partial charge in [0.25, 0.3) is 0 Å². The van der Waals surface area contributed by atoms with Crippen molar-refractivity contribution >= 4 is 23.2 Å². The van der Waals surface area contributed by atoms with Gasteiger partial charge in [-0.05, 0) is 30.9 Å². The lowest BCUT2D eigenvalue weighted by atomic mass is 10.0. The predicted molar refractivity (Wildman–Crippen MR) is 90.6 cm³/mol. The molecule has 2 rings (SSSR count).